The molecule has 0 unspecified atom stereocenters. The van der Waals surface area contributed by atoms with Crippen molar-refractivity contribution in [3.8, 4) is 0 Å². The highest BCUT2D eigenvalue weighted by Gasteiger charge is 2.04. The summed E-state index contributed by atoms with van der Waals surface area (Å²) in [6.07, 6.45) is 6.74. The van der Waals surface area contributed by atoms with Crippen molar-refractivity contribution in [2.75, 3.05) is 0 Å². The topological polar surface area (TPSA) is 34.9 Å². The SMILES string of the molecule is Cc1ccsc1/C=C/C(=O)c1cnn(C)c1. The summed E-state index contributed by atoms with van der Waals surface area (Å²) >= 11 is 1.63. The molecule has 0 aromatic carbocycles. The molecule has 82 valence electrons. The van der Waals surface area contributed by atoms with Crippen LogP contribution in [-0.2, 0) is 7.05 Å². The second kappa shape index (κ2) is 4.45. The summed E-state index contributed by atoms with van der Waals surface area (Å²) in [6, 6.07) is 2.04. The monoisotopic (exact) mass is 232 g/mol. The van der Waals surface area contributed by atoms with Crippen LogP contribution in [0.15, 0.2) is 29.9 Å². The van der Waals surface area contributed by atoms with Crippen molar-refractivity contribution in [1.82, 2.24) is 9.78 Å². The molecular weight excluding hydrogens is 220 g/mol. The second-order valence-corrected chi connectivity index (χ2v) is 4.52. The molecule has 0 saturated carbocycles. The first kappa shape index (κ1) is 10.8. The average Bonchev–Trinajstić information content (AvgIpc) is 2.84. The summed E-state index contributed by atoms with van der Waals surface area (Å²) in [7, 11) is 1.80. The number of allylic oxidation sites excluding steroid dienone is 1. The Balaban J connectivity index is 2.14. The third-order valence-electron chi connectivity index (χ3n) is 2.28. The minimum atomic E-state index is -0.0131. The lowest BCUT2D eigenvalue weighted by molar-refractivity contribution is 0.104. The van der Waals surface area contributed by atoms with Crippen LogP contribution < -0.4 is 0 Å². The van der Waals surface area contributed by atoms with Gasteiger partial charge in [-0.1, -0.05) is 0 Å². The minimum Gasteiger partial charge on any atom is -0.289 e. The van der Waals surface area contributed by atoms with Crippen LogP contribution in [0.5, 0.6) is 0 Å². The molecule has 4 heteroatoms. The fourth-order valence-electron chi connectivity index (χ4n) is 1.35. The summed E-state index contributed by atoms with van der Waals surface area (Å²) in [4.78, 5) is 12.9. The molecule has 16 heavy (non-hydrogen) atoms. The maximum absolute atomic E-state index is 11.7. The molecule has 0 atom stereocenters. The number of thiophene rings is 1. The van der Waals surface area contributed by atoms with E-state index in [9.17, 15) is 4.79 Å². The van der Waals surface area contributed by atoms with Crippen LogP contribution in [-0.4, -0.2) is 15.6 Å². The number of ketones is 1. The van der Waals surface area contributed by atoms with Crippen molar-refractivity contribution in [1.29, 1.82) is 0 Å². The summed E-state index contributed by atoms with van der Waals surface area (Å²) in [6.45, 7) is 2.03. The zero-order chi connectivity index (χ0) is 11.5. The van der Waals surface area contributed by atoms with Gasteiger partial charge in [-0.3, -0.25) is 9.48 Å². The Labute approximate surface area is 98.0 Å². The third-order valence-corrected chi connectivity index (χ3v) is 3.26. The van der Waals surface area contributed by atoms with Crippen LogP contribution in [0.2, 0.25) is 0 Å². The summed E-state index contributed by atoms with van der Waals surface area (Å²) in [5, 5.41) is 5.98. The molecule has 0 spiro atoms. The molecule has 0 aliphatic rings. The maximum Gasteiger partial charge on any atom is 0.189 e. The van der Waals surface area contributed by atoms with Gasteiger partial charge in [-0.2, -0.15) is 5.10 Å². The molecule has 2 rings (SSSR count). The van der Waals surface area contributed by atoms with Gasteiger partial charge < -0.3 is 0 Å². The Kier molecular flexibility index (Phi) is 3.01. The van der Waals surface area contributed by atoms with Gasteiger partial charge >= 0.3 is 0 Å². The Bertz CT molecular complexity index is 537. The van der Waals surface area contributed by atoms with Crippen molar-refractivity contribution < 1.29 is 4.79 Å². The molecule has 2 heterocycles. The Hall–Kier alpha value is -1.68. The van der Waals surface area contributed by atoms with Gasteiger partial charge in [0.1, 0.15) is 0 Å². The van der Waals surface area contributed by atoms with Crippen LogP contribution in [0.3, 0.4) is 0 Å². The highest BCUT2D eigenvalue weighted by molar-refractivity contribution is 7.11. The van der Waals surface area contributed by atoms with Crippen molar-refractivity contribution in [3.05, 3.63) is 45.9 Å². The molecule has 0 bridgehead atoms. The Morgan fingerprint density at radius 1 is 1.56 bits per heavy atom. The summed E-state index contributed by atoms with van der Waals surface area (Å²) in [5.74, 6) is -0.0131. The molecule has 0 radical (unpaired) electrons. The van der Waals surface area contributed by atoms with Crippen LogP contribution in [0, 0.1) is 6.92 Å². The lowest BCUT2D eigenvalue weighted by atomic mass is 10.2. The normalized spacial score (nSPS) is 11.1. The smallest absolute Gasteiger partial charge is 0.189 e. The number of rotatable bonds is 3. The lowest BCUT2D eigenvalue weighted by Crippen LogP contribution is -1.91. The number of aryl methyl sites for hydroxylation is 2. The van der Waals surface area contributed by atoms with Gasteiger partial charge in [0.05, 0.1) is 11.8 Å². The average molecular weight is 232 g/mol. The van der Waals surface area contributed by atoms with Crippen LogP contribution in [0.25, 0.3) is 6.08 Å². The first-order valence-corrected chi connectivity index (χ1v) is 5.80. The lowest BCUT2D eigenvalue weighted by Gasteiger charge is -1.89. The fourth-order valence-corrected chi connectivity index (χ4v) is 2.17. The van der Waals surface area contributed by atoms with E-state index in [4.69, 9.17) is 0 Å². The predicted molar refractivity (Wildman–Crippen MR) is 65.6 cm³/mol. The van der Waals surface area contributed by atoms with E-state index in [0.717, 1.165) is 4.88 Å². The van der Waals surface area contributed by atoms with E-state index in [2.05, 4.69) is 5.10 Å². The maximum atomic E-state index is 11.7. The van der Waals surface area contributed by atoms with E-state index in [0.29, 0.717) is 5.56 Å². The van der Waals surface area contributed by atoms with E-state index in [1.165, 1.54) is 5.56 Å². The number of carbonyl (C=O) groups excluding carboxylic acids is 1. The second-order valence-electron chi connectivity index (χ2n) is 3.57. The van der Waals surface area contributed by atoms with E-state index < -0.39 is 0 Å². The zero-order valence-corrected chi connectivity index (χ0v) is 9.99. The van der Waals surface area contributed by atoms with Gasteiger partial charge in [-0.05, 0) is 36.1 Å². The van der Waals surface area contributed by atoms with E-state index in [1.54, 1.807) is 41.5 Å². The van der Waals surface area contributed by atoms with Gasteiger partial charge in [0.25, 0.3) is 0 Å². The minimum absolute atomic E-state index is 0.0131. The zero-order valence-electron chi connectivity index (χ0n) is 9.18. The number of nitrogens with zero attached hydrogens (tertiary/aromatic N) is 2. The Morgan fingerprint density at radius 2 is 2.38 bits per heavy atom. The van der Waals surface area contributed by atoms with Crippen molar-refractivity contribution >= 4 is 23.2 Å². The van der Waals surface area contributed by atoms with Gasteiger partial charge in [0.2, 0.25) is 0 Å². The summed E-state index contributed by atoms with van der Waals surface area (Å²) in [5.41, 5.74) is 1.81. The van der Waals surface area contributed by atoms with E-state index >= 15 is 0 Å². The third kappa shape index (κ3) is 2.28. The van der Waals surface area contributed by atoms with Gasteiger partial charge in [-0.15, -0.1) is 11.3 Å². The molecule has 0 saturated heterocycles. The van der Waals surface area contributed by atoms with Crippen LogP contribution in [0.1, 0.15) is 20.8 Å². The Morgan fingerprint density at radius 3 is 2.94 bits per heavy atom. The first-order valence-electron chi connectivity index (χ1n) is 4.92. The molecular formula is C12H12N2OS. The molecule has 0 aliphatic carbocycles. The van der Waals surface area contributed by atoms with E-state index in [-0.39, 0.29) is 5.78 Å². The molecule has 3 nitrogen and oxygen atoms in total. The molecule has 2 aromatic rings. The van der Waals surface area contributed by atoms with Crippen molar-refractivity contribution in [2.24, 2.45) is 7.05 Å². The summed E-state index contributed by atoms with van der Waals surface area (Å²) < 4.78 is 1.62. The predicted octanol–water partition coefficient (Wildman–Crippen LogP) is 2.69. The van der Waals surface area contributed by atoms with Crippen molar-refractivity contribution in [3.63, 3.8) is 0 Å². The van der Waals surface area contributed by atoms with Gasteiger partial charge in [-0.25, -0.2) is 0 Å². The molecule has 0 aliphatic heterocycles. The van der Waals surface area contributed by atoms with Crippen LogP contribution >= 0.6 is 11.3 Å². The highest BCUT2D eigenvalue weighted by Crippen LogP contribution is 2.17. The van der Waals surface area contributed by atoms with Gasteiger partial charge in [0, 0.05) is 18.1 Å². The number of hydrogen-bond donors (Lipinski definition) is 0. The molecule has 0 fully saturated rings. The number of hydrogen-bond acceptors (Lipinski definition) is 3. The first-order chi connectivity index (χ1) is 7.66. The van der Waals surface area contributed by atoms with Crippen LogP contribution in [0.4, 0.5) is 0 Å². The number of carbonyl (C=O) groups is 1. The highest BCUT2D eigenvalue weighted by atomic mass is 32.1. The van der Waals surface area contributed by atoms with Crippen molar-refractivity contribution in [2.45, 2.75) is 6.92 Å². The fraction of sp³-hybridized carbons (Fsp3) is 0.167. The molecule has 0 amide bonds. The molecule has 0 N–H and O–H groups in total. The largest absolute Gasteiger partial charge is 0.289 e. The number of aromatic nitrogens is 2. The standard InChI is InChI=1S/C12H12N2OS/c1-9-5-6-16-12(9)4-3-11(15)10-7-13-14(2)8-10/h3-8H,1-2H3/b4-3+. The quantitative estimate of drug-likeness (QED) is 0.602. The molecule has 2 aromatic heterocycles. The van der Waals surface area contributed by atoms with Gasteiger partial charge in [0.15, 0.2) is 5.78 Å². The van der Waals surface area contributed by atoms with E-state index in [1.807, 2.05) is 24.4 Å².